The highest BCUT2D eigenvalue weighted by Crippen LogP contribution is 2.16. The average Bonchev–Trinajstić information content (AvgIpc) is 2.25. The average molecular weight is 224 g/mol. The number of pyridine rings is 1. The van der Waals surface area contributed by atoms with Crippen LogP contribution in [0.1, 0.15) is 23.0 Å². The first kappa shape index (κ1) is 12.4. The zero-order valence-corrected chi connectivity index (χ0v) is 9.40. The van der Waals surface area contributed by atoms with Crippen LogP contribution >= 0.6 is 0 Å². The van der Waals surface area contributed by atoms with Crippen molar-refractivity contribution in [1.82, 2.24) is 4.98 Å². The van der Waals surface area contributed by atoms with Crippen LogP contribution in [0.4, 0.5) is 5.69 Å². The normalized spacial score (nSPS) is 12.2. The summed E-state index contributed by atoms with van der Waals surface area (Å²) < 4.78 is 0. The summed E-state index contributed by atoms with van der Waals surface area (Å²) in [6.45, 7) is 4.27. The van der Waals surface area contributed by atoms with Crippen LogP contribution in [0.15, 0.2) is 12.3 Å². The topological polar surface area (TPSA) is 82.5 Å². The predicted octanol–water partition coefficient (Wildman–Crippen LogP) is 1.13. The minimum atomic E-state index is -1.01. The highest BCUT2D eigenvalue weighted by atomic mass is 16.4. The van der Waals surface area contributed by atoms with Gasteiger partial charge in [-0.25, -0.2) is 4.79 Å². The monoisotopic (exact) mass is 224 g/mol. The third-order valence-electron chi connectivity index (χ3n) is 2.22. The van der Waals surface area contributed by atoms with E-state index in [1.807, 2.05) is 6.92 Å². The van der Waals surface area contributed by atoms with Crippen molar-refractivity contribution >= 4 is 11.7 Å². The minimum Gasteiger partial charge on any atom is -0.478 e. The molecule has 0 radical (unpaired) electrons. The van der Waals surface area contributed by atoms with E-state index < -0.39 is 5.97 Å². The number of anilines is 1. The minimum absolute atomic E-state index is 0.0689. The maximum atomic E-state index is 10.9. The Labute approximate surface area is 94.1 Å². The Kier molecular flexibility index (Phi) is 4.25. The smallest absolute Gasteiger partial charge is 0.339 e. The summed E-state index contributed by atoms with van der Waals surface area (Å²) in [5.41, 5.74) is 1.44. The Hall–Kier alpha value is -1.62. The van der Waals surface area contributed by atoms with Crippen LogP contribution in [-0.4, -0.2) is 34.3 Å². The molecule has 0 fully saturated rings. The lowest BCUT2D eigenvalue weighted by atomic mass is 10.1. The molecule has 1 rings (SSSR count). The summed E-state index contributed by atoms with van der Waals surface area (Å²) in [4.78, 5) is 14.9. The molecule has 1 aromatic rings. The van der Waals surface area contributed by atoms with Gasteiger partial charge in [0, 0.05) is 25.0 Å². The molecule has 0 aliphatic rings. The second kappa shape index (κ2) is 5.46. The molecule has 0 aliphatic heterocycles. The largest absolute Gasteiger partial charge is 0.478 e. The summed E-state index contributed by atoms with van der Waals surface area (Å²) >= 11 is 0. The number of rotatable bonds is 5. The number of aliphatic hydroxyl groups is 1. The van der Waals surface area contributed by atoms with Gasteiger partial charge in [-0.3, -0.25) is 4.98 Å². The Bertz CT molecular complexity index is 379. The zero-order chi connectivity index (χ0) is 12.1. The molecule has 0 bridgehead atoms. The van der Waals surface area contributed by atoms with Crippen molar-refractivity contribution in [2.45, 2.75) is 13.8 Å². The molecule has 88 valence electrons. The third kappa shape index (κ3) is 3.20. The molecule has 1 heterocycles. The first-order valence-electron chi connectivity index (χ1n) is 5.09. The molecule has 3 N–H and O–H groups in total. The molecule has 1 unspecified atom stereocenters. The number of nitrogens with zero attached hydrogens (tertiary/aromatic N) is 1. The Morgan fingerprint density at radius 2 is 2.31 bits per heavy atom. The number of hydrogen-bond donors (Lipinski definition) is 3. The summed E-state index contributed by atoms with van der Waals surface area (Å²) in [5.74, 6) is -0.929. The molecule has 0 saturated carbocycles. The summed E-state index contributed by atoms with van der Waals surface area (Å²) in [6.07, 6.45) is 1.34. The fourth-order valence-corrected chi connectivity index (χ4v) is 1.23. The van der Waals surface area contributed by atoms with Crippen LogP contribution in [0.3, 0.4) is 0 Å². The molecule has 16 heavy (non-hydrogen) atoms. The van der Waals surface area contributed by atoms with Gasteiger partial charge in [0.25, 0.3) is 0 Å². The molecular formula is C11H16N2O3. The van der Waals surface area contributed by atoms with Gasteiger partial charge in [-0.05, 0) is 18.9 Å². The fraction of sp³-hybridized carbons (Fsp3) is 0.455. The molecule has 0 amide bonds. The van der Waals surface area contributed by atoms with Gasteiger partial charge in [-0.2, -0.15) is 0 Å². The van der Waals surface area contributed by atoms with Crippen LogP contribution in [0.2, 0.25) is 0 Å². The van der Waals surface area contributed by atoms with Crippen molar-refractivity contribution in [3.63, 3.8) is 0 Å². The van der Waals surface area contributed by atoms with E-state index >= 15 is 0 Å². The highest BCUT2D eigenvalue weighted by molar-refractivity contribution is 5.93. The lowest BCUT2D eigenvalue weighted by Gasteiger charge is -2.13. The summed E-state index contributed by atoms with van der Waals surface area (Å²) in [6, 6.07) is 1.69. The van der Waals surface area contributed by atoms with Gasteiger partial charge in [0.2, 0.25) is 0 Å². The lowest BCUT2D eigenvalue weighted by molar-refractivity contribution is 0.0697. The van der Waals surface area contributed by atoms with E-state index in [9.17, 15) is 4.79 Å². The Morgan fingerprint density at radius 1 is 1.62 bits per heavy atom. The third-order valence-corrected chi connectivity index (χ3v) is 2.22. The van der Waals surface area contributed by atoms with E-state index in [0.717, 1.165) is 5.69 Å². The fourth-order valence-electron chi connectivity index (χ4n) is 1.23. The van der Waals surface area contributed by atoms with Gasteiger partial charge in [0.05, 0.1) is 5.69 Å². The van der Waals surface area contributed by atoms with E-state index in [1.165, 1.54) is 6.20 Å². The number of carbonyl (C=O) groups is 1. The van der Waals surface area contributed by atoms with Crippen LogP contribution < -0.4 is 5.32 Å². The van der Waals surface area contributed by atoms with Gasteiger partial charge >= 0.3 is 5.97 Å². The SMILES string of the molecule is Cc1cc(NCC(C)CO)c(C(=O)O)cn1. The molecule has 0 saturated heterocycles. The molecule has 0 aliphatic carbocycles. The second-order valence-electron chi connectivity index (χ2n) is 3.85. The Balaban J connectivity index is 2.84. The van der Waals surface area contributed by atoms with E-state index in [-0.39, 0.29) is 18.1 Å². The number of hydrogen-bond acceptors (Lipinski definition) is 4. The molecule has 5 heteroatoms. The Morgan fingerprint density at radius 3 is 2.88 bits per heavy atom. The maximum Gasteiger partial charge on any atom is 0.339 e. The lowest BCUT2D eigenvalue weighted by Crippen LogP contribution is -2.16. The summed E-state index contributed by atoms with van der Waals surface area (Å²) in [7, 11) is 0. The molecule has 0 aromatic carbocycles. The van der Waals surface area contributed by atoms with Crippen molar-refractivity contribution in [1.29, 1.82) is 0 Å². The quantitative estimate of drug-likeness (QED) is 0.698. The van der Waals surface area contributed by atoms with Crippen LogP contribution in [-0.2, 0) is 0 Å². The summed E-state index contributed by atoms with van der Waals surface area (Å²) in [5, 5.41) is 20.8. The van der Waals surface area contributed by atoms with E-state index in [1.54, 1.807) is 13.0 Å². The number of aliphatic hydroxyl groups excluding tert-OH is 1. The van der Waals surface area contributed by atoms with Gasteiger partial charge in [-0.1, -0.05) is 6.92 Å². The first-order valence-corrected chi connectivity index (χ1v) is 5.09. The van der Waals surface area contributed by atoms with E-state index in [4.69, 9.17) is 10.2 Å². The molecule has 1 aromatic heterocycles. The van der Waals surface area contributed by atoms with E-state index in [0.29, 0.717) is 12.2 Å². The predicted molar refractivity (Wildman–Crippen MR) is 60.7 cm³/mol. The number of aromatic carboxylic acids is 1. The van der Waals surface area contributed by atoms with Gasteiger partial charge < -0.3 is 15.5 Å². The molecule has 0 spiro atoms. The van der Waals surface area contributed by atoms with Crippen molar-refractivity contribution in [2.24, 2.45) is 5.92 Å². The number of nitrogens with one attached hydrogen (secondary N) is 1. The number of carboxylic acid groups (broad SMARTS) is 1. The van der Waals surface area contributed by atoms with Crippen molar-refractivity contribution in [3.05, 3.63) is 23.5 Å². The van der Waals surface area contributed by atoms with Gasteiger partial charge in [0.1, 0.15) is 5.56 Å². The first-order chi connectivity index (χ1) is 7.54. The van der Waals surface area contributed by atoms with Crippen molar-refractivity contribution in [2.75, 3.05) is 18.5 Å². The maximum absolute atomic E-state index is 10.9. The molecule has 5 nitrogen and oxygen atoms in total. The molecule has 1 atom stereocenters. The standard InChI is InChI=1S/C11H16N2O3/c1-7(6-14)4-13-10-3-8(2)12-5-9(10)11(15)16/h3,5,7,14H,4,6H2,1-2H3,(H,12,13)(H,15,16). The van der Waals surface area contributed by atoms with Crippen molar-refractivity contribution < 1.29 is 15.0 Å². The van der Waals surface area contributed by atoms with Crippen LogP contribution in [0.5, 0.6) is 0 Å². The van der Waals surface area contributed by atoms with Gasteiger partial charge in [0.15, 0.2) is 0 Å². The van der Waals surface area contributed by atoms with Crippen LogP contribution in [0, 0.1) is 12.8 Å². The van der Waals surface area contributed by atoms with Gasteiger partial charge in [-0.15, -0.1) is 0 Å². The van der Waals surface area contributed by atoms with Crippen molar-refractivity contribution in [3.8, 4) is 0 Å². The number of aryl methyl sites for hydroxylation is 1. The second-order valence-corrected chi connectivity index (χ2v) is 3.85. The van der Waals surface area contributed by atoms with E-state index in [2.05, 4.69) is 10.3 Å². The van der Waals surface area contributed by atoms with Crippen LogP contribution in [0.25, 0.3) is 0 Å². The number of aromatic nitrogens is 1. The molecular weight excluding hydrogens is 208 g/mol. The highest BCUT2D eigenvalue weighted by Gasteiger charge is 2.11. The number of carboxylic acids is 1. The zero-order valence-electron chi connectivity index (χ0n) is 9.40.